The molecule has 22 heavy (non-hydrogen) atoms. The second kappa shape index (κ2) is 8.99. The molecule has 2 unspecified atom stereocenters. The van der Waals surface area contributed by atoms with Gasteiger partial charge in [-0.2, -0.15) is 11.8 Å². The van der Waals surface area contributed by atoms with Gasteiger partial charge < -0.3 is 15.1 Å². The number of likely N-dealkylation sites (N-methyl/N-ethyl adjacent to an activating group) is 1. The number of nitrogens with one attached hydrogen (secondary N) is 1. The molecule has 0 aromatic heterocycles. The van der Waals surface area contributed by atoms with Crippen molar-refractivity contribution in [1.29, 1.82) is 0 Å². The van der Waals surface area contributed by atoms with Gasteiger partial charge in [-0.1, -0.05) is 6.92 Å². The zero-order valence-corrected chi connectivity index (χ0v) is 15.5. The third-order valence-electron chi connectivity index (χ3n) is 4.82. The summed E-state index contributed by atoms with van der Waals surface area (Å²) < 4.78 is 0. The minimum Gasteiger partial charge on any atom is -0.355 e. The van der Waals surface area contributed by atoms with Gasteiger partial charge in [0.25, 0.3) is 0 Å². The molecule has 0 saturated carbocycles. The number of nitrogens with zero attached hydrogens (tertiary/aromatic N) is 4. The summed E-state index contributed by atoms with van der Waals surface area (Å²) in [5.41, 5.74) is 0. The monoisotopic (exact) mass is 327 g/mol. The number of rotatable bonds is 4. The molecule has 1 N–H and O–H groups in total. The number of guanidine groups is 1. The number of hydrogen-bond donors (Lipinski definition) is 1. The summed E-state index contributed by atoms with van der Waals surface area (Å²) in [5.74, 6) is 2.30. The summed E-state index contributed by atoms with van der Waals surface area (Å²) in [7, 11) is 4.12. The Kier molecular flexibility index (Phi) is 7.31. The van der Waals surface area contributed by atoms with Gasteiger partial charge in [-0.15, -0.1) is 0 Å². The first-order chi connectivity index (χ1) is 10.6. The van der Waals surface area contributed by atoms with E-state index >= 15 is 0 Å². The number of aliphatic imine (C=N–C) groups is 1. The molecule has 2 fully saturated rings. The van der Waals surface area contributed by atoms with Crippen LogP contribution >= 0.6 is 11.8 Å². The summed E-state index contributed by atoms with van der Waals surface area (Å²) in [6.45, 7) is 12.6. The summed E-state index contributed by atoms with van der Waals surface area (Å²) in [6, 6.07) is 0.562. The molecular formula is C16H33N5S. The van der Waals surface area contributed by atoms with Crippen molar-refractivity contribution in [3.8, 4) is 0 Å². The SMILES string of the molecule is CCC1CN(C(=NC)NCC(C)N2CCN(C)CC2)CCS1. The first-order valence-electron chi connectivity index (χ1n) is 8.63. The van der Waals surface area contributed by atoms with E-state index in [9.17, 15) is 0 Å². The topological polar surface area (TPSA) is 34.1 Å². The van der Waals surface area contributed by atoms with Crippen LogP contribution in [0.3, 0.4) is 0 Å². The van der Waals surface area contributed by atoms with Crippen LogP contribution in [0.5, 0.6) is 0 Å². The molecule has 2 aliphatic rings. The van der Waals surface area contributed by atoms with E-state index in [0.29, 0.717) is 6.04 Å². The molecule has 2 atom stereocenters. The lowest BCUT2D eigenvalue weighted by molar-refractivity contribution is 0.119. The maximum Gasteiger partial charge on any atom is 0.193 e. The number of piperazine rings is 1. The van der Waals surface area contributed by atoms with Crippen LogP contribution < -0.4 is 5.32 Å². The molecule has 0 bridgehead atoms. The van der Waals surface area contributed by atoms with Gasteiger partial charge >= 0.3 is 0 Å². The molecular weight excluding hydrogens is 294 g/mol. The fourth-order valence-corrected chi connectivity index (χ4v) is 4.30. The Hall–Kier alpha value is -0.460. The van der Waals surface area contributed by atoms with Crippen molar-refractivity contribution in [1.82, 2.24) is 20.0 Å². The Labute approximate surface area is 140 Å². The van der Waals surface area contributed by atoms with Gasteiger partial charge in [0.2, 0.25) is 0 Å². The Balaban J connectivity index is 1.78. The van der Waals surface area contributed by atoms with Crippen molar-refractivity contribution in [2.75, 3.05) is 65.7 Å². The van der Waals surface area contributed by atoms with E-state index in [0.717, 1.165) is 30.8 Å². The fourth-order valence-electron chi connectivity index (χ4n) is 3.12. The van der Waals surface area contributed by atoms with E-state index in [1.807, 2.05) is 7.05 Å². The van der Waals surface area contributed by atoms with E-state index in [4.69, 9.17) is 0 Å². The minimum atomic E-state index is 0.562. The summed E-state index contributed by atoms with van der Waals surface area (Å²) in [6.07, 6.45) is 1.25. The van der Waals surface area contributed by atoms with Crippen LogP contribution in [-0.2, 0) is 0 Å². The highest BCUT2D eigenvalue weighted by molar-refractivity contribution is 8.00. The van der Waals surface area contributed by atoms with Crippen LogP contribution in [0.2, 0.25) is 0 Å². The molecule has 5 nitrogen and oxygen atoms in total. The lowest BCUT2D eigenvalue weighted by atomic mass is 10.2. The van der Waals surface area contributed by atoms with Gasteiger partial charge in [-0.05, 0) is 20.4 Å². The Morgan fingerprint density at radius 1 is 1.27 bits per heavy atom. The maximum atomic E-state index is 4.51. The predicted octanol–water partition coefficient (Wildman–Crippen LogP) is 1.03. The predicted molar refractivity (Wildman–Crippen MR) is 98.0 cm³/mol. The smallest absolute Gasteiger partial charge is 0.193 e. The van der Waals surface area contributed by atoms with Gasteiger partial charge in [0, 0.05) is 69.9 Å². The van der Waals surface area contributed by atoms with Crippen LogP contribution in [0.15, 0.2) is 4.99 Å². The Morgan fingerprint density at radius 3 is 2.64 bits per heavy atom. The van der Waals surface area contributed by atoms with Crippen molar-refractivity contribution in [2.45, 2.75) is 31.6 Å². The van der Waals surface area contributed by atoms with Crippen molar-refractivity contribution in [2.24, 2.45) is 4.99 Å². The highest BCUT2D eigenvalue weighted by Crippen LogP contribution is 2.21. The van der Waals surface area contributed by atoms with Gasteiger partial charge in [-0.25, -0.2) is 0 Å². The van der Waals surface area contributed by atoms with Gasteiger partial charge in [0.15, 0.2) is 5.96 Å². The molecule has 0 radical (unpaired) electrons. The van der Waals surface area contributed by atoms with E-state index in [-0.39, 0.29) is 0 Å². The van der Waals surface area contributed by atoms with Gasteiger partial charge in [0.05, 0.1) is 0 Å². The van der Waals surface area contributed by atoms with Crippen molar-refractivity contribution in [3.63, 3.8) is 0 Å². The Bertz CT molecular complexity index is 354. The minimum absolute atomic E-state index is 0.562. The van der Waals surface area contributed by atoms with Gasteiger partial charge in [0.1, 0.15) is 0 Å². The summed E-state index contributed by atoms with van der Waals surface area (Å²) in [4.78, 5) is 11.9. The van der Waals surface area contributed by atoms with Crippen LogP contribution in [0, 0.1) is 0 Å². The number of hydrogen-bond acceptors (Lipinski definition) is 4. The van der Waals surface area contributed by atoms with Crippen LogP contribution in [0.4, 0.5) is 0 Å². The molecule has 128 valence electrons. The third-order valence-corrected chi connectivity index (χ3v) is 6.19. The van der Waals surface area contributed by atoms with Gasteiger partial charge in [-0.3, -0.25) is 9.89 Å². The lowest BCUT2D eigenvalue weighted by Crippen LogP contribution is -2.54. The summed E-state index contributed by atoms with van der Waals surface area (Å²) in [5, 5.41) is 4.36. The van der Waals surface area contributed by atoms with Crippen molar-refractivity contribution >= 4 is 17.7 Å². The Morgan fingerprint density at radius 2 is 2.00 bits per heavy atom. The second-order valence-electron chi connectivity index (χ2n) is 6.46. The lowest BCUT2D eigenvalue weighted by Gasteiger charge is -2.38. The average Bonchev–Trinajstić information content (AvgIpc) is 2.56. The largest absolute Gasteiger partial charge is 0.355 e. The van der Waals surface area contributed by atoms with Crippen LogP contribution in [-0.4, -0.2) is 97.6 Å². The maximum absolute atomic E-state index is 4.51. The highest BCUT2D eigenvalue weighted by atomic mass is 32.2. The fraction of sp³-hybridized carbons (Fsp3) is 0.938. The number of thioether (sulfide) groups is 1. The van der Waals surface area contributed by atoms with E-state index in [1.165, 1.54) is 38.4 Å². The zero-order chi connectivity index (χ0) is 15.9. The molecule has 0 aromatic rings. The summed E-state index contributed by atoms with van der Waals surface area (Å²) >= 11 is 2.10. The molecule has 2 saturated heterocycles. The molecule has 0 amide bonds. The van der Waals surface area contributed by atoms with Crippen molar-refractivity contribution in [3.05, 3.63) is 0 Å². The zero-order valence-electron chi connectivity index (χ0n) is 14.7. The van der Waals surface area contributed by atoms with E-state index in [1.54, 1.807) is 0 Å². The quantitative estimate of drug-likeness (QED) is 0.616. The van der Waals surface area contributed by atoms with Crippen LogP contribution in [0.25, 0.3) is 0 Å². The van der Waals surface area contributed by atoms with Crippen LogP contribution in [0.1, 0.15) is 20.3 Å². The normalized spacial score (nSPS) is 27.0. The second-order valence-corrected chi connectivity index (χ2v) is 7.87. The highest BCUT2D eigenvalue weighted by Gasteiger charge is 2.23. The van der Waals surface area contributed by atoms with Crippen molar-refractivity contribution < 1.29 is 0 Å². The molecule has 0 aromatic carbocycles. The first kappa shape index (κ1) is 17.9. The molecule has 2 heterocycles. The van der Waals surface area contributed by atoms with E-state index in [2.05, 4.69) is 57.7 Å². The standard InChI is InChI=1S/C16H33N5S/c1-5-15-13-21(10-11-22-15)16(17-3)18-12-14(2)20-8-6-19(4)7-9-20/h14-15H,5-13H2,1-4H3,(H,17,18). The molecule has 6 heteroatoms. The molecule has 0 aliphatic carbocycles. The average molecular weight is 328 g/mol. The molecule has 0 spiro atoms. The molecule has 2 rings (SSSR count). The van der Waals surface area contributed by atoms with E-state index < -0.39 is 0 Å². The molecule has 2 aliphatic heterocycles. The third kappa shape index (κ3) is 5.03. The first-order valence-corrected chi connectivity index (χ1v) is 9.68.